The summed E-state index contributed by atoms with van der Waals surface area (Å²) in [5.74, 6) is 0. The van der Waals surface area contributed by atoms with Crippen LogP contribution in [0.1, 0.15) is 19.8 Å². The van der Waals surface area contributed by atoms with Gasteiger partial charge in [-0.15, -0.1) is 0 Å². The number of nitrogens with one attached hydrogen (secondary N) is 1. The maximum atomic E-state index is 11.7. The van der Waals surface area contributed by atoms with E-state index in [0.29, 0.717) is 6.04 Å². The third kappa shape index (κ3) is 2.41. The number of rotatable bonds is 3. The molecule has 1 amide bonds. The van der Waals surface area contributed by atoms with Gasteiger partial charge in [-0.05, 0) is 25.9 Å². The summed E-state index contributed by atoms with van der Waals surface area (Å²) in [5.41, 5.74) is 0. The van der Waals surface area contributed by atoms with Gasteiger partial charge >= 0.3 is 6.03 Å². The van der Waals surface area contributed by atoms with Gasteiger partial charge in [0, 0.05) is 25.0 Å². The number of imidazole rings is 1. The van der Waals surface area contributed by atoms with Crippen molar-refractivity contribution in [1.82, 2.24) is 19.8 Å². The molecular weight excluding hydrogens is 204 g/mol. The molecular formula is C11H18N4O. The van der Waals surface area contributed by atoms with Gasteiger partial charge in [0.25, 0.3) is 0 Å². The largest absolute Gasteiger partial charge is 0.336 e. The van der Waals surface area contributed by atoms with Gasteiger partial charge < -0.3 is 5.32 Å². The highest BCUT2D eigenvalue weighted by Crippen LogP contribution is 2.15. The minimum Gasteiger partial charge on any atom is -0.336 e. The summed E-state index contributed by atoms with van der Waals surface area (Å²) in [5, 5.41) is 2.93. The number of aromatic nitrogens is 2. The molecule has 0 saturated carbocycles. The molecule has 1 N–H and O–H groups in total. The Hall–Kier alpha value is -1.36. The first-order valence-corrected chi connectivity index (χ1v) is 5.81. The standard InChI is InChI=1S/C11H18N4O/c1-2-14-6-3-4-10(14)8-13-11(16)15-7-5-12-9-15/h5,7,9-10H,2-4,6,8H2,1H3,(H,13,16). The van der Waals surface area contributed by atoms with E-state index in [2.05, 4.69) is 22.1 Å². The second-order valence-electron chi connectivity index (χ2n) is 4.08. The van der Waals surface area contributed by atoms with Crippen molar-refractivity contribution in [2.45, 2.75) is 25.8 Å². The smallest absolute Gasteiger partial charge is 0.326 e. The summed E-state index contributed by atoms with van der Waals surface area (Å²) in [6, 6.07) is 0.401. The predicted molar refractivity (Wildman–Crippen MR) is 61.3 cm³/mol. The van der Waals surface area contributed by atoms with Crippen molar-refractivity contribution in [3.8, 4) is 0 Å². The molecule has 0 aromatic carbocycles. The van der Waals surface area contributed by atoms with E-state index in [1.165, 1.54) is 23.7 Å². The van der Waals surface area contributed by atoms with E-state index in [0.717, 1.165) is 19.6 Å². The lowest BCUT2D eigenvalue weighted by Crippen LogP contribution is -2.41. The number of carbonyl (C=O) groups is 1. The molecule has 1 unspecified atom stereocenters. The third-order valence-electron chi connectivity index (χ3n) is 3.13. The van der Waals surface area contributed by atoms with Gasteiger partial charge in [-0.2, -0.15) is 0 Å². The molecule has 2 heterocycles. The lowest BCUT2D eigenvalue weighted by molar-refractivity contribution is 0.230. The first-order valence-electron chi connectivity index (χ1n) is 5.81. The molecule has 1 fully saturated rings. The van der Waals surface area contributed by atoms with Crippen molar-refractivity contribution in [3.05, 3.63) is 18.7 Å². The molecule has 5 heteroatoms. The van der Waals surface area contributed by atoms with Crippen molar-refractivity contribution in [2.24, 2.45) is 0 Å². The van der Waals surface area contributed by atoms with Crippen LogP contribution in [-0.2, 0) is 0 Å². The molecule has 0 aliphatic carbocycles. The number of carbonyl (C=O) groups excluding carboxylic acids is 1. The molecule has 1 aliphatic rings. The van der Waals surface area contributed by atoms with Gasteiger partial charge in [0.05, 0.1) is 0 Å². The minimum atomic E-state index is -0.0968. The molecule has 0 radical (unpaired) electrons. The van der Waals surface area contributed by atoms with Crippen LogP contribution in [0.25, 0.3) is 0 Å². The zero-order valence-corrected chi connectivity index (χ0v) is 9.59. The SMILES string of the molecule is CCN1CCCC1CNC(=O)n1ccnc1. The highest BCUT2D eigenvalue weighted by atomic mass is 16.2. The Morgan fingerprint density at radius 1 is 1.62 bits per heavy atom. The average Bonchev–Trinajstić information content (AvgIpc) is 2.96. The lowest BCUT2D eigenvalue weighted by atomic mass is 10.2. The monoisotopic (exact) mass is 222 g/mol. The number of likely N-dealkylation sites (tertiary alicyclic amines) is 1. The number of amides is 1. The van der Waals surface area contributed by atoms with Gasteiger partial charge in [0.1, 0.15) is 6.33 Å². The van der Waals surface area contributed by atoms with Crippen molar-refractivity contribution >= 4 is 6.03 Å². The number of hydrogen-bond acceptors (Lipinski definition) is 3. The fourth-order valence-electron chi connectivity index (χ4n) is 2.22. The Kier molecular flexibility index (Phi) is 3.56. The summed E-state index contributed by atoms with van der Waals surface area (Å²) in [7, 11) is 0. The van der Waals surface area contributed by atoms with Crippen molar-refractivity contribution in [3.63, 3.8) is 0 Å². The molecule has 0 spiro atoms. The van der Waals surface area contributed by atoms with Crippen molar-refractivity contribution in [1.29, 1.82) is 0 Å². The number of likely N-dealkylation sites (N-methyl/N-ethyl adjacent to an activating group) is 1. The van der Waals surface area contributed by atoms with Crippen LogP contribution in [0, 0.1) is 0 Å². The maximum absolute atomic E-state index is 11.7. The van der Waals surface area contributed by atoms with E-state index in [4.69, 9.17) is 0 Å². The maximum Gasteiger partial charge on any atom is 0.326 e. The molecule has 0 bridgehead atoms. The van der Waals surface area contributed by atoms with E-state index in [-0.39, 0.29) is 6.03 Å². The van der Waals surface area contributed by atoms with Gasteiger partial charge in [-0.25, -0.2) is 9.78 Å². The topological polar surface area (TPSA) is 50.2 Å². The molecule has 2 rings (SSSR count). The highest BCUT2D eigenvalue weighted by molar-refractivity contribution is 5.76. The van der Waals surface area contributed by atoms with Crippen molar-refractivity contribution < 1.29 is 4.79 Å². The summed E-state index contributed by atoms with van der Waals surface area (Å²) in [4.78, 5) is 17.9. The summed E-state index contributed by atoms with van der Waals surface area (Å²) < 4.78 is 1.46. The van der Waals surface area contributed by atoms with Gasteiger partial charge in [-0.1, -0.05) is 6.92 Å². The van der Waals surface area contributed by atoms with E-state index in [1.54, 1.807) is 12.4 Å². The average molecular weight is 222 g/mol. The van der Waals surface area contributed by atoms with Crippen LogP contribution < -0.4 is 5.32 Å². The lowest BCUT2D eigenvalue weighted by Gasteiger charge is -2.22. The first-order chi connectivity index (χ1) is 7.81. The Labute approximate surface area is 95.5 Å². The van der Waals surface area contributed by atoms with Crippen LogP contribution in [0.2, 0.25) is 0 Å². The van der Waals surface area contributed by atoms with Gasteiger partial charge in [-0.3, -0.25) is 9.47 Å². The molecule has 88 valence electrons. The van der Waals surface area contributed by atoms with Crippen LogP contribution >= 0.6 is 0 Å². The fourth-order valence-corrected chi connectivity index (χ4v) is 2.22. The van der Waals surface area contributed by atoms with Crippen molar-refractivity contribution in [2.75, 3.05) is 19.6 Å². The normalized spacial score (nSPS) is 21.2. The molecule has 1 aromatic rings. The quantitative estimate of drug-likeness (QED) is 0.827. The molecule has 16 heavy (non-hydrogen) atoms. The Morgan fingerprint density at radius 2 is 2.50 bits per heavy atom. The Morgan fingerprint density at radius 3 is 3.19 bits per heavy atom. The van der Waals surface area contributed by atoms with Crippen LogP contribution in [0.15, 0.2) is 18.7 Å². The molecule has 1 aromatic heterocycles. The van der Waals surface area contributed by atoms with E-state index >= 15 is 0 Å². The van der Waals surface area contributed by atoms with Crippen LogP contribution in [0.5, 0.6) is 0 Å². The van der Waals surface area contributed by atoms with E-state index in [9.17, 15) is 4.79 Å². The summed E-state index contributed by atoms with van der Waals surface area (Å²) >= 11 is 0. The van der Waals surface area contributed by atoms with Crippen LogP contribution in [-0.4, -0.2) is 46.2 Å². The fraction of sp³-hybridized carbons (Fsp3) is 0.636. The molecule has 1 atom stereocenters. The second-order valence-corrected chi connectivity index (χ2v) is 4.08. The number of hydrogen-bond donors (Lipinski definition) is 1. The zero-order valence-electron chi connectivity index (χ0n) is 9.59. The summed E-state index contributed by atoms with van der Waals surface area (Å²) in [6.07, 6.45) is 7.19. The van der Waals surface area contributed by atoms with E-state index in [1.807, 2.05) is 0 Å². The molecule has 1 saturated heterocycles. The highest BCUT2D eigenvalue weighted by Gasteiger charge is 2.23. The molecule has 5 nitrogen and oxygen atoms in total. The molecule has 1 aliphatic heterocycles. The minimum absolute atomic E-state index is 0.0968. The third-order valence-corrected chi connectivity index (χ3v) is 3.13. The summed E-state index contributed by atoms with van der Waals surface area (Å²) in [6.45, 7) is 5.11. The Balaban J connectivity index is 1.81. The number of nitrogens with zero attached hydrogens (tertiary/aromatic N) is 3. The van der Waals surface area contributed by atoms with Gasteiger partial charge in [0.15, 0.2) is 0 Å². The van der Waals surface area contributed by atoms with Gasteiger partial charge in [0.2, 0.25) is 0 Å². The zero-order chi connectivity index (χ0) is 11.4. The Bertz CT molecular complexity index is 336. The second kappa shape index (κ2) is 5.12. The van der Waals surface area contributed by atoms with E-state index < -0.39 is 0 Å². The predicted octanol–water partition coefficient (Wildman–Crippen LogP) is 0.925. The first kappa shape index (κ1) is 11.1. The van der Waals surface area contributed by atoms with Crippen LogP contribution in [0.4, 0.5) is 4.79 Å². The van der Waals surface area contributed by atoms with Crippen LogP contribution in [0.3, 0.4) is 0 Å².